The second-order valence-corrected chi connectivity index (χ2v) is 6.00. The third-order valence-corrected chi connectivity index (χ3v) is 4.28. The average molecular weight is 358 g/mol. The molecule has 24 heavy (non-hydrogen) atoms. The third-order valence-electron chi connectivity index (χ3n) is 4.28. The molecule has 0 aromatic heterocycles. The fraction of sp³-hybridized carbons (Fsp3) is 0.529. The van der Waals surface area contributed by atoms with Crippen molar-refractivity contribution in [2.24, 2.45) is 11.7 Å². The Morgan fingerprint density at radius 2 is 2.00 bits per heavy atom. The van der Waals surface area contributed by atoms with Crippen LogP contribution in [0.3, 0.4) is 0 Å². The molecule has 7 heteroatoms. The van der Waals surface area contributed by atoms with Crippen LogP contribution < -0.4 is 11.1 Å². The molecule has 1 aliphatic rings. The maximum absolute atomic E-state index is 13.5. The van der Waals surface area contributed by atoms with Crippen LogP contribution in [-0.2, 0) is 16.1 Å². The normalized spacial score (nSPS) is 14.9. The summed E-state index contributed by atoms with van der Waals surface area (Å²) in [5, 5.41) is 2.86. The monoisotopic (exact) mass is 357 g/mol. The van der Waals surface area contributed by atoms with Gasteiger partial charge in [-0.2, -0.15) is 0 Å². The van der Waals surface area contributed by atoms with Gasteiger partial charge in [0, 0.05) is 38.5 Å². The van der Waals surface area contributed by atoms with E-state index in [1.54, 1.807) is 17.9 Å². The van der Waals surface area contributed by atoms with Gasteiger partial charge in [-0.3, -0.25) is 9.59 Å². The smallest absolute Gasteiger partial charge is 0.223 e. The van der Waals surface area contributed by atoms with Gasteiger partial charge in [0.2, 0.25) is 11.8 Å². The fourth-order valence-corrected chi connectivity index (χ4v) is 2.75. The number of amides is 2. The molecular weight excluding hydrogens is 333 g/mol. The van der Waals surface area contributed by atoms with Gasteiger partial charge in [0.1, 0.15) is 5.82 Å². The van der Waals surface area contributed by atoms with Crippen molar-refractivity contribution in [1.29, 1.82) is 0 Å². The van der Waals surface area contributed by atoms with Gasteiger partial charge < -0.3 is 16.0 Å². The van der Waals surface area contributed by atoms with Crippen molar-refractivity contribution in [3.05, 3.63) is 35.1 Å². The number of carbonyl (C=O) groups excluding carboxylic acids is 2. The number of hydrogen-bond acceptors (Lipinski definition) is 3. The number of nitrogens with two attached hydrogens (primary N) is 1. The van der Waals surface area contributed by atoms with Crippen LogP contribution in [0.2, 0.25) is 0 Å². The summed E-state index contributed by atoms with van der Waals surface area (Å²) in [6, 6.07) is 4.97. The lowest BCUT2D eigenvalue weighted by Gasteiger charge is -2.31. The Hall–Kier alpha value is -1.66. The van der Waals surface area contributed by atoms with Gasteiger partial charge in [0.15, 0.2) is 0 Å². The van der Waals surface area contributed by atoms with Gasteiger partial charge >= 0.3 is 0 Å². The number of carbonyl (C=O) groups is 2. The zero-order valence-corrected chi connectivity index (χ0v) is 14.7. The standard InChI is InChI=1S/C17H24FN3O2.ClH/c1-12-2-3-13(10-15(12)18)11-20-17(23)14-5-8-21(9-6-14)16(22)4-7-19;/h2-3,10,14H,4-9,11,19H2,1H3,(H,20,23);1H. The zero-order valence-electron chi connectivity index (χ0n) is 13.9. The van der Waals surface area contributed by atoms with Crippen LogP contribution in [0.25, 0.3) is 0 Å². The van der Waals surface area contributed by atoms with Crippen molar-refractivity contribution in [1.82, 2.24) is 10.2 Å². The lowest BCUT2D eigenvalue weighted by Crippen LogP contribution is -2.43. The summed E-state index contributed by atoms with van der Waals surface area (Å²) in [7, 11) is 0. The number of halogens is 2. The number of rotatable bonds is 5. The molecule has 0 saturated carbocycles. The Morgan fingerprint density at radius 3 is 2.58 bits per heavy atom. The molecule has 5 nitrogen and oxygen atoms in total. The van der Waals surface area contributed by atoms with Crippen LogP contribution in [0.1, 0.15) is 30.4 Å². The SMILES string of the molecule is Cc1ccc(CNC(=O)C2CCN(C(=O)CCN)CC2)cc1F.Cl. The first-order chi connectivity index (χ1) is 11.0. The van der Waals surface area contributed by atoms with Crippen LogP contribution in [0.15, 0.2) is 18.2 Å². The van der Waals surface area contributed by atoms with Crippen LogP contribution in [0.5, 0.6) is 0 Å². The Bertz CT molecular complexity index is 575. The van der Waals surface area contributed by atoms with Gasteiger partial charge in [0.05, 0.1) is 0 Å². The number of likely N-dealkylation sites (tertiary alicyclic amines) is 1. The van der Waals surface area contributed by atoms with E-state index in [1.807, 2.05) is 6.07 Å². The minimum Gasteiger partial charge on any atom is -0.352 e. The molecule has 2 amide bonds. The minimum atomic E-state index is -0.261. The van der Waals surface area contributed by atoms with Gasteiger partial charge in [0.25, 0.3) is 0 Å². The Kier molecular flexibility index (Phi) is 8.15. The molecule has 0 spiro atoms. The van der Waals surface area contributed by atoms with E-state index >= 15 is 0 Å². The molecule has 134 valence electrons. The van der Waals surface area contributed by atoms with E-state index < -0.39 is 0 Å². The molecule has 0 unspecified atom stereocenters. The molecule has 0 bridgehead atoms. The summed E-state index contributed by atoms with van der Waals surface area (Å²) >= 11 is 0. The summed E-state index contributed by atoms with van der Waals surface area (Å²) < 4.78 is 13.5. The highest BCUT2D eigenvalue weighted by atomic mass is 35.5. The third kappa shape index (κ3) is 5.46. The van der Waals surface area contributed by atoms with Crippen LogP contribution in [0.4, 0.5) is 4.39 Å². The molecule has 0 radical (unpaired) electrons. The van der Waals surface area contributed by atoms with E-state index in [2.05, 4.69) is 5.32 Å². The first-order valence-electron chi connectivity index (χ1n) is 8.02. The highest BCUT2D eigenvalue weighted by Crippen LogP contribution is 2.18. The molecule has 2 rings (SSSR count). The Morgan fingerprint density at radius 1 is 1.33 bits per heavy atom. The highest BCUT2D eigenvalue weighted by molar-refractivity contribution is 5.85. The molecule has 3 N–H and O–H groups in total. The van der Waals surface area contributed by atoms with Crippen LogP contribution in [-0.4, -0.2) is 36.3 Å². The van der Waals surface area contributed by atoms with E-state index in [0.717, 1.165) is 5.56 Å². The van der Waals surface area contributed by atoms with Gasteiger partial charge in [-0.15, -0.1) is 12.4 Å². The summed E-state index contributed by atoms with van der Waals surface area (Å²) in [4.78, 5) is 25.7. The Labute approximate surface area is 148 Å². The largest absolute Gasteiger partial charge is 0.352 e. The lowest BCUT2D eigenvalue weighted by atomic mass is 9.95. The number of aryl methyl sites for hydroxylation is 1. The van der Waals surface area contributed by atoms with E-state index in [9.17, 15) is 14.0 Å². The van der Waals surface area contributed by atoms with Gasteiger partial charge in [-0.25, -0.2) is 4.39 Å². The summed E-state index contributed by atoms with van der Waals surface area (Å²) in [5.41, 5.74) is 6.73. The molecular formula is C17H25ClFN3O2. The Balaban J connectivity index is 0.00000288. The predicted molar refractivity (Wildman–Crippen MR) is 93.2 cm³/mol. The molecule has 1 heterocycles. The second-order valence-electron chi connectivity index (χ2n) is 6.00. The second kappa shape index (κ2) is 9.59. The molecule has 1 aromatic rings. The minimum absolute atomic E-state index is 0. The topological polar surface area (TPSA) is 75.4 Å². The number of nitrogens with zero attached hydrogens (tertiary/aromatic N) is 1. The van der Waals surface area contributed by atoms with Gasteiger partial charge in [-0.05, 0) is 37.0 Å². The quantitative estimate of drug-likeness (QED) is 0.843. The molecule has 0 atom stereocenters. The van der Waals surface area contributed by atoms with E-state index in [4.69, 9.17) is 5.73 Å². The predicted octanol–water partition coefficient (Wildman–Crippen LogP) is 1.76. The van der Waals surface area contributed by atoms with Crippen molar-refractivity contribution in [3.63, 3.8) is 0 Å². The number of hydrogen-bond donors (Lipinski definition) is 2. The number of benzene rings is 1. The average Bonchev–Trinajstić information content (AvgIpc) is 2.56. The molecule has 1 aromatic carbocycles. The van der Waals surface area contributed by atoms with Crippen LogP contribution in [0, 0.1) is 18.7 Å². The van der Waals surface area contributed by atoms with Gasteiger partial charge in [-0.1, -0.05) is 12.1 Å². The molecule has 1 saturated heterocycles. The highest BCUT2D eigenvalue weighted by Gasteiger charge is 2.26. The first kappa shape index (κ1) is 20.4. The maximum atomic E-state index is 13.5. The number of piperidine rings is 1. The van der Waals surface area contributed by atoms with E-state index in [0.29, 0.717) is 51.0 Å². The van der Waals surface area contributed by atoms with Crippen molar-refractivity contribution in [3.8, 4) is 0 Å². The number of nitrogens with one attached hydrogen (secondary N) is 1. The fourth-order valence-electron chi connectivity index (χ4n) is 2.75. The van der Waals surface area contributed by atoms with Crippen molar-refractivity contribution in [2.75, 3.05) is 19.6 Å². The van der Waals surface area contributed by atoms with Crippen molar-refractivity contribution in [2.45, 2.75) is 32.7 Å². The molecule has 1 fully saturated rings. The van der Waals surface area contributed by atoms with Crippen molar-refractivity contribution >= 4 is 24.2 Å². The summed E-state index contributed by atoms with van der Waals surface area (Å²) in [6.45, 7) is 3.57. The molecule has 1 aliphatic heterocycles. The van der Waals surface area contributed by atoms with E-state index in [1.165, 1.54) is 6.07 Å². The summed E-state index contributed by atoms with van der Waals surface area (Å²) in [6.07, 6.45) is 1.67. The van der Waals surface area contributed by atoms with Crippen molar-refractivity contribution < 1.29 is 14.0 Å². The first-order valence-corrected chi connectivity index (χ1v) is 8.02. The van der Waals surface area contributed by atoms with Crippen LogP contribution >= 0.6 is 12.4 Å². The summed E-state index contributed by atoms with van der Waals surface area (Å²) in [5.74, 6) is -0.325. The molecule has 0 aliphatic carbocycles. The zero-order chi connectivity index (χ0) is 16.8. The maximum Gasteiger partial charge on any atom is 0.223 e. The lowest BCUT2D eigenvalue weighted by molar-refractivity contribution is -0.135. The van der Waals surface area contributed by atoms with E-state index in [-0.39, 0.29) is 36.0 Å².